The van der Waals surface area contributed by atoms with E-state index in [1.165, 1.54) is 0 Å². The lowest BCUT2D eigenvalue weighted by Crippen LogP contribution is -2.17. The van der Waals surface area contributed by atoms with Crippen molar-refractivity contribution in [3.8, 4) is 11.5 Å². The van der Waals surface area contributed by atoms with Crippen molar-refractivity contribution >= 4 is 11.8 Å². The van der Waals surface area contributed by atoms with Gasteiger partial charge in [-0.05, 0) is 24.3 Å². The molecule has 0 aliphatic carbocycles. The molecule has 0 saturated heterocycles. The predicted molar refractivity (Wildman–Crippen MR) is 74.1 cm³/mol. The third-order valence-corrected chi connectivity index (χ3v) is 2.71. The minimum Gasteiger partial charge on any atom is -0.496 e. The maximum absolute atomic E-state index is 12.7. The molecule has 2 aromatic carbocycles. The molecule has 0 spiro atoms. The molecule has 0 bridgehead atoms. The van der Waals surface area contributed by atoms with E-state index >= 15 is 0 Å². The molecule has 1 amide bonds. The highest BCUT2D eigenvalue weighted by molar-refractivity contribution is 5.86. The van der Waals surface area contributed by atoms with E-state index in [1.54, 1.807) is 30.3 Å². The summed E-state index contributed by atoms with van der Waals surface area (Å²) in [4.78, 5) is 11.7. The Morgan fingerprint density at radius 1 is 1.09 bits per heavy atom. The van der Waals surface area contributed by atoms with Gasteiger partial charge in [0.15, 0.2) is 0 Å². The summed E-state index contributed by atoms with van der Waals surface area (Å²) in [7, 11) is 1.12. The lowest BCUT2D eigenvalue weighted by molar-refractivity contribution is -0.138. The van der Waals surface area contributed by atoms with Crippen molar-refractivity contribution in [1.82, 2.24) is 0 Å². The maximum Gasteiger partial charge on any atom is 0.419 e. The molecular weight excluding hydrogens is 299 g/mol. The van der Waals surface area contributed by atoms with Crippen LogP contribution in [0.4, 0.5) is 23.7 Å². The van der Waals surface area contributed by atoms with Crippen molar-refractivity contribution in [2.45, 2.75) is 6.18 Å². The molecule has 0 aliphatic rings. The second-order valence-corrected chi connectivity index (χ2v) is 4.24. The highest BCUT2D eigenvalue weighted by Crippen LogP contribution is 2.37. The van der Waals surface area contributed by atoms with Gasteiger partial charge in [-0.25, -0.2) is 4.79 Å². The molecule has 4 nitrogen and oxygen atoms in total. The van der Waals surface area contributed by atoms with Crippen LogP contribution >= 0.6 is 0 Å². The van der Waals surface area contributed by atoms with Crippen LogP contribution in [0.1, 0.15) is 5.56 Å². The monoisotopic (exact) mass is 311 g/mol. The van der Waals surface area contributed by atoms with Crippen LogP contribution in [0, 0.1) is 0 Å². The summed E-state index contributed by atoms with van der Waals surface area (Å²) in [5.41, 5.74) is -0.789. The molecule has 22 heavy (non-hydrogen) atoms. The number of rotatable bonds is 3. The SMILES string of the molecule is COc1cc(NC(=O)Oc2ccccc2)ccc1C(F)(F)F. The third-order valence-electron chi connectivity index (χ3n) is 2.71. The summed E-state index contributed by atoms with van der Waals surface area (Å²) in [6, 6.07) is 11.3. The summed E-state index contributed by atoms with van der Waals surface area (Å²) in [5.74, 6) is -0.0658. The first-order valence-corrected chi connectivity index (χ1v) is 6.19. The van der Waals surface area contributed by atoms with Crippen molar-refractivity contribution < 1.29 is 27.4 Å². The zero-order valence-corrected chi connectivity index (χ0v) is 11.5. The van der Waals surface area contributed by atoms with Crippen LogP contribution in [0.5, 0.6) is 11.5 Å². The molecule has 0 heterocycles. The normalized spacial score (nSPS) is 10.9. The van der Waals surface area contributed by atoms with Crippen molar-refractivity contribution in [2.75, 3.05) is 12.4 Å². The van der Waals surface area contributed by atoms with E-state index in [0.29, 0.717) is 5.75 Å². The zero-order chi connectivity index (χ0) is 16.2. The van der Waals surface area contributed by atoms with Gasteiger partial charge in [0.25, 0.3) is 0 Å². The molecule has 2 aromatic rings. The Balaban J connectivity index is 2.12. The highest BCUT2D eigenvalue weighted by Gasteiger charge is 2.34. The minimum atomic E-state index is -4.53. The van der Waals surface area contributed by atoms with Crippen LogP contribution in [0.25, 0.3) is 0 Å². The Labute approximate surface area is 124 Å². The number of hydrogen-bond acceptors (Lipinski definition) is 3. The molecule has 1 N–H and O–H groups in total. The van der Waals surface area contributed by atoms with Crippen LogP contribution in [-0.4, -0.2) is 13.2 Å². The number of methoxy groups -OCH3 is 1. The number of alkyl halides is 3. The molecule has 0 atom stereocenters. The lowest BCUT2D eigenvalue weighted by atomic mass is 10.1. The fourth-order valence-corrected chi connectivity index (χ4v) is 1.74. The Hall–Kier alpha value is -2.70. The van der Waals surface area contributed by atoms with Crippen molar-refractivity contribution in [1.29, 1.82) is 0 Å². The number of carbonyl (C=O) groups is 1. The zero-order valence-electron chi connectivity index (χ0n) is 11.5. The van der Waals surface area contributed by atoms with Crippen LogP contribution in [-0.2, 0) is 6.18 Å². The fraction of sp³-hybridized carbons (Fsp3) is 0.133. The van der Waals surface area contributed by atoms with Gasteiger partial charge < -0.3 is 9.47 Å². The Morgan fingerprint density at radius 2 is 1.77 bits per heavy atom. The largest absolute Gasteiger partial charge is 0.496 e. The quantitative estimate of drug-likeness (QED) is 0.918. The summed E-state index contributed by atoms with van der Waals surface area (Å²) in [6.45, 7) is 0. The molecule has 0 aliphatic heterocycles. The molecule has 0 aromatic heterocycles. The molecule has 116 valence electrons. The summed E-state index contributed by atoms with van der Waals surface area (Å²) >= 11 is 0. The number of carbonyl (C=O) groups excluding carboxylic acids is 1. The number of anilines is 1. The van der Waals surface area contributed by atoms with Gasteiger partial charge in [0.2, 0.25) is 0 Å². The maximum atomic E-state index is 12.7. The van der Waals surface area contributed by atoms with Crippen LogP contribution < -0.4 is 14.8 Å². The van der Waals surface area contributed by atoms with E-state index in [0.717, 1.165) is 25.3 Å². The predicted octanol–water partition coefficient (Wildman–Crippen LogP) is 4.32. The van der Waals surface area contributed by atoms with Crippen molar-refractivity contribution in [3.05, 3.63) is 54.1 Å². The standard InChI is InChI=1S/C15H12F3NO3/c1-21-13-9-10(7-8-12(13)15(16,17)18)19-14(20)22-11-5-3-2-4-6-11/h2-9H,1H3,(H,19,20). The van der Waals surface area contributed by atoms with Crippen LogP contribution in [0.15, 0.2) is 48.5 Å². The van der Waals surface area contributed by atoms with Gasteiger partial charge in [-0.2, -0.15) is 13.2 Å². The van der Waals surface area contributed by atoms with E-state index in [1.807, 2.05) is 0 Å². The molecule has 0 unspecified atom stereocenters. The number of hydrogen-bond donors (Lipinski definition) is 1. The molecule has 7 heteroatoms. The Morgan fingerprint density at radius 3 is 2.36 bits per heavy atom. The first-order chi connectivity index (χ1) is 10.4. The van der Waals surface area contributed by atoms with Gasteiger partial charge in [0.05, 0.1) is 12.7 Å². The summed E-state index contributed by atoms with van der Waals surface area (Å²) in [5, 5.41) is 2.34. The van der Waals surface area contributed by atoms with Crippen molar-refractivity contribution in [3.63, 3.8) is 0 Å². The number of amides is 1. The lowest BCUT2D eigenvalue weighted by Gasteiger charge is -2.13. The molecule has 2 rings (SSSR count). The van der Waals surface area contributed by atoms with Gasteiger partial charge in [0, 0.05) is 11.8 Å². The average molecular weight is 311 g/mol. The van der Waals surface area contributed by atoms with Gasteiger partial charge in [-0.3, -0.25) is 5.32 Å². The molecule has 0 radical (unpaired) electrons. The second kappa shape index (κ2) is 6.38. The number of ether oxygens (including phenoxy) is 2. The van der Waals surface area contributed by atoms with E-state index in [-0.39, 0.29) is 11.4 Å². The van der Waals surface area contributed by atoms with Crippen LogP contribution in [0.3, 0.4) is 0 Å². The number of halogens is 3. The highest BCUT2D eigenvalue weighted by atomic mass is 19.4. The minimum absolute atomic E-state index is 0.130. The smallest absolute Gasteiger partial charge is 0.419 e. The van der Waals surface area contributed by atoms with Gasteiger partial charge in [-0.15, -0.1) is 0 Å². The van der Waals surface area contributed by atoms with Gasteiger partial charge in [0.1, 0.15) is 11.5 Å². The first-order valence-electron chi connectivity index (χ1n) is 6.19. The number of nitrogens with one attached hydrogen (secondary N) is 1. The average Bonchev–Trinajstić information content (AvgIpc) is 2.46. The van der Waals surface area contributed by atoms with Gasteiger partial charge in [-0.1, -0.05) is 18.2 Å². The summed E-state index contributed by atoms with van der Waals surface area (Å²) in [6.07, 6.45) is -5.35. The fourth-order valence-electron chi connectivity index (χ4n) is 1.74. The Kier molecular flexibility index (Phi) is 4.55. The number of benzene rings is 2. The Bertz CT molecular complexity index is 657. The number of para-hydroxylation sites is 1. The third kappa shape index (κ3) is 3.91. The second-order valence-electron chi connectivity index (χ2n) is 4.24. The molecule has 0 fully saturated rings. The van der Waals surface area contributed by atoms with E-state index in [2.05, 4.69) is 5.32 Å². The first kappa shape index (κ1) is 15.7. The van der Waals surface area contributed by atoms with Gasteiger partial charge >= 0.3 is 12.3 Å². The van der Waals surface area contributed by atoms with E-state index < -0.39 is 17.8 Å². The molecular formula is C15H12F3NO3. The topological polar surface area (TPSA) is 47.6 Å². The summed E-state index contributed by atoms with van der Waals surface area (Å²) < 4.78 is 47.9. The van der Waals surface area contributed by atoms with Crippen LogP contribution in [0.2, 0.25) is 0 Å². The van der Waals surface area contributed by atoms with Crippen molar-refractivity contribution in [2.24, 2.45) is 0 Å². The van der Waals surface area contributed by atoms with E-state index in [9.17, 15) is 18.0 Å². The molecule has 0 saturated carbocycles. The van der Waals surface area contributed by atoms with E-state index in [4.69, 9.17) is 9.47 Å².